The summed E-state index contributed by atoms with van der Waals surface area (Å²) in [6.45, 7) is 6.42. The molecule has 188 valence electrons. The Morgan fingerprint density at radius 1 is 1.03 bits per heavy atom. The first-order valence-corrected chi connectivity index (χ1v) is 11.8. The topological polar surface area (TPSA) is 80.3 Å². The highest BCUT2D eigenvalue weighted by molar-refractivity contribution is 5.89. The van der Waals surface area contributed by atoms with E-state index in [2.05, 4.69) is 0 Å². The van der Waals surface area contributed by atoms with E-state index < -0.39 is 0 Å². The van der Waals surface area contributed by atoms with Gasteiger partial charge in [-0.05, 0) is 68.5 Å². The quantitative estimate of drug-likeness (QED) is 0.351. The van der Waals surface area contributed by atoms with Crippen LogP contribution in [0.4, 0.5) is 0 Å². The van der Waals surface area contributed by atoms with Crippen LogP contribution in [0.25, 0.3) is 0 Å². The van der Waals surface area contributed by atoms with Crippen molar-refractivity contribution in [2.24, 2.45) is 11.8 Å². The summed E-state index contributed by atoms with van der Waals surface area (Å²) in [5.74, 6) is 0.641. The highest BCUT2D eigenvalue weighted by atomic mass is 16.5. The van der Waals surface area contributed by atoms with Gasteiger partial charge >= 0.3 is 11.9 Å². The Kier molecular flexibility index (Phi) is 9.32. The molecule has 2 aromatic carbocycles. The van der Waals surface area contributed by atoms with Crippen molar-refractivity contribution in [1.82, 2.24) is 0 Å². The predicted octanol–water partition coefficient (Wildman–Crippen LogP) is 4.94. The van der Waals surface area contributed by atoms with Crippen LogP contribution in [0.1, 0.15) is 48.4 Å². The molecule has 1 saturated heterocycles. The smallest absolute Gasteiger partial charge is 0.338 e. The second-order valence-corrected chi connectivity index (χ2v) is 8.48. The SMILES string of the molecule is C/C=C(/C)C(=O)OC[C@H]1[C@@H](Cc2ccc(C(=O)OCC)cc2)CO[C@@H]1c1ccc(OC)c(OC)c1. The summed E-state index contributed by atoms with van der Waals surface area (Å²) >= 11 is 0. The zero-order valence-corrected chi connectivity index (χ0v) is 21.0. The molecule has 7 heteroatoms. The number of rotatable bonds is 10. The van der Waals surface area contributed by atoms with Gasteiger partial charge in [-0.1, -0.05) is 24.3 Å². The Morgan fingerprint density at radius 3 is 2.37 bits per heavy atom. The minimum atomic E-state index is -0.332. The van der Waals surface area contributed by atoms with Gasteiger partial charge in [-0.3, -0.25) is 0 Å². The van der Waals surface area contributed by atoms with Gasteiger partial charge in [0, 0.05) is 11.5 Å². The second-order valence-electron chi connectivity index (χ2n) is 8.48. The second kappa shape index (κ2) is 12.4. The van der Waals surface area contributed by atoms with E-state index in [1.165, 1.54) is 0 Å². The molecule has 0 bridgehead atoms. The molecule has 0 aromatic heterocycles. The van der Waals surface area contributed by atoms with Gasteiger partial charge in [0.15, 0.2) is 11.5 Å². The lowest BCUT2D eigenvalue weighted by atomic mass is 9.84. The molecule has 0 spiro atoms. The van der Waals surface area contributed by atoms with Crippen LogP contribution in [-0.4, -0.2) is 46.0 Å². The van der Waals surface area contributed by atoms with Crippen LogP contribution in [0, 0.1) is 11.8 Å². The third kappa shape index (κ3) is 6.42. The van der Waals surface area contributed by atoms with E-state index in [1.807, 2.05) is 37.3 Å². The third-order valence-corrected chi connectivity index (χ3v) is 6.35. The predicted molar refractivity (Wildman–Crippen MR) is 132 cm³/mol. The summed E-state index contributed by atoms with van der Waals surface area (Å²) in [6.07, 6.45) is 2.19. The number of methoxy groups -OCH3 is 2. The van der Waals surface area contributed by atoms with Crippen LogP contribution in [0.2, 0.25) is 0 Å². The van der Waals surface area contributed by atoms with Crippen LogP contribution >= 0.6 is 0 Å². The number of carbonyl (C=O) groups is 2. The zero-order valence-electron chi connectivity index (χ0n) is 21.0. The fraction of sp³-hybridized carbons (Fsp3) is 0.429. The molecule has 1 heterocycles. The molecule has 0 radical (unpaired) electrons. The average molecular weight is 483 g/mol. The van der Waals surface area contributed by atoms with Gasteiger partial charge < -0.3 is 23.7 Å². The van der Waals surface area contributed by atoms with E-state index in [1.54, 1.807) is 46.3 Å². The number of hydrogen-bond acceptors (Lipinski definition) is 7. The molecule has 0 saturated carbocycles. The van der Waals surface area contributed by atoms with Crippen LogP contribution in [0.3, 0.4) is 0 Å². The number of benzene rings is 2. The minimum absolute atomic E-state index is 0.0635. The first-order valence-electron chi connectivity index (χ1n) is 11.8. The van der Waals surface area contributed by atoms with Crippen molar-refractivity contribution in [2.45, 2.75) is 33.3 Å². The van der Waals surface area contributed by atoms with Crippen molar-refractivity contribution < 1.29 is 33.3 Å². The average Bonchev–Trinajstić information content (AvgIpc) is 3.28. The molecule has 0 unspecified atom stereocenters. The Labute approximate surface area is 207 Å². The first-order chi connectivity index (χ1) is 16.9. The van der Waals surface area contributed by atoms with Crippen molar-refractivity contribution in [3.63, 3.8) is 0 Å². The van der Waals surface area contributed by atoms with Crippen LogP contribution < -0.4 is 9.47 Å². The Morgan fingerprint density at radius 2 is 1.74 bits per heavy atom. The summed E-state index contributed by atoms with van der Waals surface area (Å²) in [5, 5.41) is 0. The molecule has 1 aliphatic heterocycles. The van der Waals surface area contributed by atoms with Gasteiger partial charge in [0.25, 0.3) is 0 Å². The van der Waals surface area contributed by atoms with Crippen molar-refractivity contribution in [3.05, 3.63) is 70.8 Å². The van der Waals surface area contributed by atoms with Crippen LogP contribution in [0.5, 0.6) is 11.5 Å². The molecule has 3 atom stereocenters. The van der Waals surface area contributed by atoms with Crippen LogP contribution in [-0.2, 0) is 25.4 Å². The molecule has 7 nitrogen and oxygen atoms in total. The summed E-state index contributed by atoms with van der Waals surface area (Å²) in [6, 6.07) is 13.1. The van der Waals surface area contributed by atoms with Gasteiger partial charge in [-0.2, -0.15) is 0 Å². The minimum Gasteiger partial charge on any atom is -0.493 e. The Hall–Kier alpha value is -3.32. The number of allylic oxidation sites excluding steroid dienone is 1. The van der Waals surface area contributed by atoms with Crippen molar-refractivity contribution >= 4 is 11.9 Å². The van der Waals surface area contributed by atoms with Gasteiger partial charge in [0.1, 0.15) is 0 Å². The van der Waals surface area contributed by atoms with Gasteiger partial charge in [0.2, 0.25) is 0 Å². The fourth-order valence-corrected chi connectivity index (χ4v) is 4.23. The van der Waals surface area contributed by atoms with E-state index in [4.69, 9.17) is 23.7 Å². The fourth-order valence-electron chi connectivity index (χ4n) is 4.23. The van der Waals surface area contributed by atoms with E-state index in [9.17, 15) is 9.59 Å². The maximum Gasteiger partial charge on any atom is 0.338 e. The van der Waals surface area contributed by atoms with E-state index in [0.29, 0.717) is 35.8 Å². The Balaban J connectivity index is 1.82. The van der Waals surface area contributed by atoms with Gasteiger partial charge in [0.05, 0.1) is 45.7 Å². The molecule has 2 aromatic rings. The summed E-state index contributed by atoms with van der Waals surface area (Å²) < 4.78 is 27.8. The number of ether oxygens (including phenoxy) is 5. The highest BCUT2D eigenvalue weighted by Crippen LogP contribution is 2.42. The maximum atomic E-state index is 12.4. The summed E-state index contributed by atoms with van der Waals surface area (Å²) in [7, 11) is 3.19. The normalized spacial score (nSPS) is 19.8. The molecule has 0 aliphatic carbocycles. The maximum absolute atomic E-state index is 12.4. The lowest BCUT2D eigenvalue weighted by molar-refractivity contribution is -0.141. The Bertz CT molecular complexity index is 1040. The molecular weight excluding hydrogens is 448 g/mol. The molecule has 0 N–H and O–H groups in total. The summed E-state index contributed by atoms with van der Waals surface area (Å²) in [5.41, 5.74) is 3.10. The van der Waals surface area contributed by atoms with Crippen molar-refractivity contribution in [2.75, 3.05) is 34.0 Å². The zero-order chi connectivity index (χ0) is 25.4. The van der Waals surface area contributed by atoms with Crippen molar-refractivity contribution in [3.8, 4) is 11.5 Å². The van der Waals surface area contributed by atoms with E-state index >= 15 is 0 Å². The number of carbonyl (C=O) groups excluding carboxylic acids is 2. The van der Waals surface area contributed by atoms with E-state index in [0.717, 1.165) is 17.5 Å². The largest absolute Gasteiger partial charge is 0.493 e. The molecule has 1 fully saturated rings. The first kappa shape index (κ1) is 26.3. The summed E-state index contributed by atoms with van der Waals surface area (Å²) in [4.78, 5) is 24.3. The van der Waals surface area contributed by atoms with Gasteiger partial charge in [-0.25, -0.2) is 9.59 Å². The molecule has 0 amide bonds. The van der Waals surface area contributed by atoms with Gasteiger partial charge in [-0.15, -0.1) is 0 Å². The lowest BCUT2D eigenvalue weighted by Gasteiger charge is -2.24. The van der Waals surface area contributed by atoms with Crippen molar-refractivity contribution in [1.29, 1.82) is 0 Å². The lowest BCUT2D eigenvalue weighted by Crippen LogP contribution is -2.24. The van der Waals surface area contributed by atoms with Crippen LogP contribution in [0.15, 0.2) is 54.1 Å². The highest BCUT2D eigenvalue weighted by Gasteiger charge is 2.39. The standard InChI is InChI=1S/C28H34O7/c1-6-18(3)27(29)35-17-23-22(14-19-8-10-20(11-9-19)28(30)33-7-2)16-34-26(23)21-12-13-24(31-4)25(15-21)32-5/h6,8-13,15,22-23,26H,7,14,16-17H2,1-5H3/b18-6-/t22-,23-,26+/m0/s1. The molecular formula is C28H34O7. The molecule has 35 heavy (non-hydrogen) atoms. The number of hydrogen-bond donors (Lipinski definition) is 0. The monoisotopic (exact) mass is 482 g/mol. The third-order valence-electron chi connectivity index (χ3n) is 6.35. The number of esters is 2. The van der Waals surface area contributed by atoms with E-state index in [-0.39, 0.29) is 36.5 Å². The molecule has 1 aliphatic rings. The molecule has 3 rings (SSSR count).